The molecule has 6 nitrogen and oxygen atoms in total. The van der Waals surface area contributed by atoms with Gasteiger partial charge in [0.15, 0.2) is 0 Å². The van der Waals surface area contributed by atoms with Crippen molar-refractivity contribution in [2.45, 2.75) is 37.6 Å². The van der Waals surface area contributed by atoms with Crippen LogP contribution < -0.4 is 5.32 Å². The third-order valence-corrected chi connectivity index (χ3v) is 6.34. The van der Waals surface area contributed by atoms with Crippen molar-refractivity contribution in [1.29, 1.82) is 0 Å². The van der Waals surface area contributed by atoms with E-state index in [2.05, 4.69) is 34.5 Å². The van der Waals surface area contributed by atoms with E-state index in [0.717, 1.165) is 44.9 Å². The fraction of sp³-hybridized carbons (Fsp3) is 0.440. The summed E-state index contributed by atoms with van der Waals surface area (Å²) in [6, 6.07) is 14.1. The molecule has 4 rings (SSSR count). The smallest absolute Gasteiger partial charge is 0.222 e. The molecule has 1 aromatic carbocycles. The Morgan fingerprint density at radius 2 is 1.90 bits per heavy atom. The number of carbonyl (C=O) groups excluding carboxylic acids is 2. The third kappa shape index (κ3) is 5.85. The van der Waals surface area contributed by atoms with E-state index in [1.165, 1.54) is 5.56 Å². The first-order chi connectivity index (χ1) is 15.1. The Labute approximate surface area is 183 Å². The van der Waals surface area contributed by atoms with Crippen molar-refractivity contribution in [3.05, 3.63) is 66.1 Å². The Kier molecular flexibility index (Phi) is 6.87. The van der Waals surface area contributed by atoms with Crippen molar-refractivity contribution < 1.29 is 14.0 Å². The van der Waals surface area contributed by atoms with Gasteiger partial charge in [-0.05, 0) is 30.5 Å². The molecule has 0 radical (unpaired) electrons. The molecule has 0 saturated carbocycles. The number of furan rings is 1. The van der Waals surface area contributed by atoms with Crippen LogP contribution in [-0.4, -0.2) is 59.9 Å². The van der Waals surface area contributed by atoms with Crippen molar-refractivity contribution in [3.63, 3.8) is 0 Å². The molecule has 2 saturated heterocycles. The summed E-state index contributed by atoms with van der Waals surface area (Å²) in [5.74, 6) is 1.10. The molecule has 3 heterocycles. The summed E-state index contributed by atoms with van der Waals surface area (Å²) in [5, 5.41) is 3.12. The highest BCUT2D eigenvalue weighted by molar-refractivity contribution is 5.80. The molecule has 0 spiro atoms. The van der Waals surface area contributed by atoms with E-state index in [1.54, 1.807) is 6.26 Å². The average Bonchev–Trinajstić information content (AvgIpc) is 3.43. The summed E-state index contributed by atoms with van der Waals surface area (Å²) in [6.07, 6.45) is 9.00. The molecule has 31 heavy (non-hydrogen) atoms. The molecule has 2 fully saturated rings. The predicted octanol–water partition coefficient (Wildman–Crippen LogP) is 3.11. The van der Waals surface area contributed by atoms with Crippen molar-refractivity contribution in [3.8, 4) is 0 Å². The van der Waals surface area contributed by atoms with Gasteiger partial charge in [0, 0.05) is 57.5 Å². The number of benzene rings is 1. The van der Waals surface area contributed by atoms with Gasteiger partial charge in [-0.2, -0.15) is 0 Å². The second-order valence-corrected chi connectivity index (χ2v) is 8.58. The summed E-state index contributed by atoms with van der Waals surface area (Å²) < 4.78 is 5.49. The number of nitrogens with zero attached hydrogens (tertiary/aromatic N) is 2. The van der Waals surface area contributed by atoms with Crippen LogP contribution in [0.3, 0.4) is 0 Å². The van der Waals surface area contributed by atoms with E-state index in [0.29, 0.717) is 25.7 Å². The molecule has 0 bridgehead atoms. The molecule has 6 heteroatoms. The van der Waals surface area contributed by atoms with Crippen molar-refractivity contribution >= 4 is 17.9 Å². The van der Waals surface area contributed by atoms with Gasteiger partial charge in [0.1, 0.15) is 5.76 Å². The molecule has 1 aromatic heterocycles. The third-order valence-electron chi connectivity index (χ3n) is 6.34. The zero-order valence-electron chi connectivity index (χ0n) is 18.0. The normalized spacial score (nSPS) is 22.2. The Hall–Kier alpha value is -2.86. The highest BCUT2D eigenvalue weighted by Crippen LogP contribution is 2.30. The first-order valence-electron chi connectivity index (χ1n) is 11.2. The molecule has 2 aromatic rings. The molecule has 2 aliphatic heterocycles. The van der Waals surface area contributed by atoms with Crippen LogP contribution in [0.25, 0.3) is 6.08 Å². The molecular weight excluding hydrogens is 390 g/mol. The van der Waals surface area contributed by atoms with Crippen LogP contribution in [0.4, 0.5) is 0 Å². The fourth-order valence-corrected chi connectivity index (χ4v) is 4.51. The lowest BCUT2D eigenvalue weighted by Gasteiger charge is -2.35. The van der Waals surface area contributed by atoms with E-state index in [9.17, 15) is 9.59 Å². The van der Waals surface area contributed by atoms with Crippen molar-refractivity contribution in [2.24, 2.45) is 0 Å². The molecule has 2 aliphatic rings. The van der Waals surface area contributed by atoms with Crippen LogP contribution in [-0.2, 0) is 16.0 Å². The summed E-state index contributed by atoms with van der Waals surface area (Å²) in [5.41, 5.74) is 0.841. The lowest BCUT2D eigenvalue weighted by atomic mass is 9.87. The highest BCUT2D eigenvalue weighted by atomic mass is 16.3. The van der Waals surface area contributed by atoms with Gasteiger partial charge < -0.3 is 14.6 Å². The zero-order valence-corrected chi connectivity index (χ0v) is 18.0. The second-order valence-electron chi connectivity index (χ2n) is 8.58. The number of nitrogens with one attached hydrogen (secondary N) is 1. The fourth-order valence-electron chi connectivity index (χ4n) is 4.51. The largest absolute Gasteiger partial charge is 0.469 e. The maximum atomic E-state index is 12.8. The van der Waals surface area contributed by atoms with Crippen molar-refractivity contribution in [2.75, 3.05) is 32.7 Å². The molecule has 1 atom stereocenters. The molecule has 1 unspecified atom stereocenters. The number of amides is 2. The SMILES string of the molecule is O=C1CCC(CCC(=O)N2CCN(C/C=C/c3ccccc3)CC2)(Cc2ccco2)N1. The lowest BCUT2D eigenvalue weighted by molar-refractivity contribution is -0.133. The van der Waals surface area contributed by atoms with Crippen LogP contribution >= 0.6 is 0 Å². The number of hydrogen-bond acceptors (Lipinski definition) is 4. The van der Waals surface area contributed by atoms with Gasteiger partial charge in [-0.25, -0.2) is 0 Å². The van der Waals surface area contributed by atoms with Gasteiger partial charge in [0.05, 0.1) is 6.26 Å². The first-order valence-corrected chi connectivity index (χ1v) is 11.2. The van der Waals surface area contributed by atoms with Crippen LogP contribution in [0.2, 0.25) is 0 Å². The minimum Gasteiger partial charge on any atom is -0.469 e. The Morgan fingerprint density at radius 3 is 2.58 bits per heavy atom. The summed E-state index contributed by atoms with van der Waals surface area (Å²) in [6.45, 7) is 4.19. The van der Waals surface area contributed by atoms with Gasteiger partial charge in [-0.3, -0.25) is 14.5 Å². The predicted molar refractivity (Wildman–Crippen MR) is 120 cm³/mol. The Morgan fingerprint density at radius 1 is 1.10 bits per heavy atom. The van der Waals surface area contributed by atoms with Gasteiger partial charge in [0.25, 0.3) is 0 Å². The Balaban J connectivity index is 1.23. The van der Waals surface area contributed by atoms with Gasteiger partial charge >= 0.3 is 0 Å². The van der Waals surface area contributed by atoms with Crippen LogP contribution in [0, 0.1) is 0 Å². The monoisotopic (exact) mass is 421 g/mol. The number of piperazine rings is 1. The topological polar surface area (TPSA) is 65.8 Å². The maximum absolute atomic E-state index is 12.8. The molecule has 0 aliphatic carbocycles. The van der Waals surface area contributed by atoms with E-state index < -0.39 is 0 Å². The van der Waals surface area contributed by atoms with Gasteiger partial charge in [-0.15, -0.1) is 0 Å². The number of rotatable bonds is 8. The summed E-state index contributed by atoms with van der Waals surface area (Å²) in [4.78, 5) is 29.1. The summed E-state index contributed by atoms with van der Waals surface area (Å²) in [7, 11) is 0. The zero-order chi connectivity index (χ0) is 21.5. The maximum Gasteiger partial charge on any atom is 0.222 e. The van der Waals surface area contributed by atoms with E-state index in [-0.39, 0.29) is 17.4 Å². The Bertz CT molecular complexity index is 886. The highest BCUT2D eigenvalue weighted by Gasteiger charge is 2.39. The van der Waals surface area contributed by atoms with E-state index in [4.69, 9.17) is 4.42 Å². The number of carbonyl (C=O) groups is 2. The molecule has 2 amide bonds. The van der Waals surface area contributed by atoms with Crippen LogP contribution in [0.15, 0.2) is 59.2 Å². The summed E-state index contributed by atoms with van der Waals surface area (Å²) >= 11 is 0. The molecular formula is C25H31N3O3. The average molecular weight is 422 g/mol. The minimum absolute atomic E-state index is 0.0659. The van der Waals surface area contributed by atoms with Gasteiger partial charge in [-0.1, -0.05) is 42.5 Å². The van der Waals surface area contributed by atoms with E-state index >= 15 is 0 Å². The minimum atomic E-state index is -0.366. The molecule has 164 valence electrons. The lowest BCUT2D eigenvalue weighted by Crippen LogP contribution is -2.49. The van der Waals surface area contributed by atoms with Crippen molar-refractivity contribution in [1.82, 2.24) is 15.1 Å². The first kappa shape index (κ1) is 21.4. The number of hydrogen-bond donors (Lipinski definition) is 1. The van der Waals surface area contributed by atoms with Crippen LogP contribution in [0.5, 0.6) is 0 Å². The van der Waals surface area contributed by atoms with Gasteiger partial charge in [0.2, 0.25) is 11.8 Å². The van der Waals surface area contributed by atoms with Crippen LogP contribution in [0.1, 0.15) is 37.0 Å². The quantitative estimate of drug-likeness (QED) is 0.711. The molecule has 1 N–H and O–H groups in total. The standard InChI is InChI=1S/C25H31N3O3/c29-23-10-12-25(26-23,20-22-9-5-19-31-22)13-11-24(30)28-17-15-27(16-18-28)14-4-8-21-6-2-1-3-7-21/h1-9,19H,10-18,20H2,(H,26,29)/b8-4+. The van der Waals surface area contributed by atoms with E-state index in [1.807, 2.05) is 35.2 Å². The second kappa shape index (κ2) is 9.96.